The van der Waals surface area contributed by atoms with Crippen LogP contribution in [-0.2, 0) is 4.79 Å². The molecule has 0 aromatic rings. The van der Waals surface area contributed by atoms with Crippen LogP contribution in [0.3, 0.4) is 0 Å². The minimum Gasteiger partial charge on any atom is -0.352 e. The average Bonchev–Trinajstić information content (AvgIpc) is 2.61. The van der Waals surface area contributed by atoms with Gasteiger partial charge in [-0.3, -0.25) is 9.69 Å². The topological polar surface area (TPSA) is 32.3 Å². The third kappa shape index (κ3) is 5.38. The molecule has 0 unspecified atom stereocenters. The predicted molar refractivity (Wildman–Crippen MR) is 76.6 cm³/mol. The summed E-state index contributed by atoms with van der Waals surface area (Å²) in [7, 11) is 0. The molecule has 1 aliphatic rings. The standard InChI is InChI=1S/C15H30N2O/c1-14(2,3)9-7-13(18)16-12-8-10-17(11-12)15(4,5)6/h12H,7-11H2,1-6H3,(H,16,18)/t12-/m1/s1. The Morgan fingerprint density at radius 3 is 2.28 bits per heavy atom. The van der Waals surface area contributed by atoms with Crippen LogP contribution in [0.15, 0.2) is 0 Å². The van der Waals surface area contributed by atoms with E-state index in [4.69, 9.17) is 0 Å². The molecule has 1 saturated heterocycles. The fourth-order valence-electron chi connectivity index (χ4n) is 2.28. The highest BCUT2D eigenvalue weighted by molar-refractivity contribution is 5.76. The Labute approximate surface area is 112 Å². The maximum atomic E-state index is 11.9. The first-order chi connectivity index (χ1) is 8.08. The highest BCUT2D eigenvalue weighted by atomic mass is 16.1. The van der Waals surface area contributed by atoms with Crippen LogP contribution in [0.2, 0.25) is 0 Å². The molecule has 0 aromatic carbocycles. The molecule has 18 heavy (non-hydrogen) atoms. The van der Waals surface area contributed by atoms with Crippen molar-refractivity contribution >= 4 is 5.91 Å². The Kier molecular flexibility index (Phi) is 4.82. The summed E-state index contributed by atoms with van der Waals surface area (Å²) >= 11 is 0. The van der Waals surface area contributed by atoms with E-state index in [2.05, 4.69) is 51.8 Å². The molecule has 0 saturated carbocycles. The molecule has 0 aromatic heterocycles. The van der Waals surface area contributed by atoms with Crippen molar-refractivity contribution < 1.29 is 4.79 Å². The minimum absolute atomic E-state index is 0.213. The molecule has 1 N–H and O–H groups in total. The second kappa shape index (κ2) is 5.60. The van der Waals surface area contributed by atoms with E-state index in [9.17, 15) is 4.79 Å². The first-order valence-electron chi connectivity index (χ1n) is 7.12. The first kappa shape index (κ1) is 15.5. The maximum absolute atomic E-state index is 11.9. The lowest BCUT2D eigenvalue weighted by Crippen LogP contribution is -2.43. The summed E-state index contributed by atoms with van der Waals surface area (Å²) in [6.07, 6.45) is 2.68. The van der Waals surface area contributed by atoms with Crippen LogP contribution in [0.25, 0.3) is 0 Å². The number of hydrogen-bond donors (Lipinski definition) is 1. The lowest BCUT2D eigenvalue weighted by atomic mass is 9.90. The average molecular weight is 254 g/mol. The van der Waals surface area contributed by atoms with Crippen LogP contribution >= 0.6 is 0 Å². The first-order valence-corrected chi connectivity index (χ1v) is 7.12. The summed E-state index contributed by atoms with van der Waals surface area (Å²) in [5.41, 5.74) is 0.454. The fourth-order valence-corrected chi connectivity index (χ4v) is 2.28. The van der Waals surface area contributed by atoms with Gasteiger partial charge in [0.05, 0.1) is 0 Å². The van der Waals surface area contributed by atoms with E-state index in [1.165, 1.54) is 0 Å². The van der Waals surface area contributed by atoms with Gasteiger partial charge < -0.3 is 5.32 Å². The number of carbonyl (C=O) groups excluding carboxylic acids is 1. The Balaban J connectivity index is 2.31. The van der Waals surface area contributed by atoms with E-state index in [1.54, 1.807) is 0 Å². The Morgan fingerprint density at radius 2 is 1.83 bits per heavy atom. The molecule has 1 rings (SSSR count). The van der Waals surface area contributed by atoms with Gasteiger partial charge in [-0.2, -0.15) is 0 Å². The van der Waals surface area contributed by atoms with E-state index in [0.717, 1.165) is 25.9 Å². The van der Waals surface area contributed by atoms with Gasteiger partial charge in [-0.1, -0.05) is 20.8 Å². The molecular weight excluding hydrogens is 224 g/mol. The monoisotopic (exact) mass is 254 g/mol. The Hall–Kier alpha value is -0.570. The normalized spacial score (nSPS) is 22.2. The van der Waals surface area contributed by atoms with Gasteiger partial charge in [-0.25, -0.2) is 0 Å². The van der Waals surface area contributed by atoms with Gasteiger partial charge in [-0.05, 0) is 39.0 Å². The van der Waals surface area contributed by atoms with Gasteiger partial charge in [0.2, 0.25) is 5.91 Å². The molecule has 106 valence electrons. The number of likely N-dealkylation sites (tertiary alicyclic amines) is 1. The van der Waals surface area contributed by atoms with Crippen molar-refractivity contribution in [3.8, 4) is 0 Å². The summed E-state index contributed by atoms with van der Waals surface area (Å²) in [6, 6.07) is 0.344. The second-order valence-electron chi connectivity index (χ2n) is 7.73. The number of rotatable bonds is 3. The summed E-state index contributed by atoms with van der Waals surface area (Å²) in [5.74, 6) is 0.214. The van der Waals surface area contributed by atoms with E-state index in [1.807, 2.05) is 0 Å². The largest absolute Gasteiger partial charge is 0.352 e. The Bertz CT molecular complexity index is 286. The quantitative estimate of drug-likeness (QED) is 0.840. The number of nitrogens with zero attached hydrogens (tertiary/aromatic N) is 1. The van der Waals surface area contributed by atoms with Crippen molar-refractivity contribution in [3.05, 3.63) is 0 Å². The van der Waals surface area contributed by atoms with Crippen molar-refractivity contribution in [2.75, 3.05) is 13.1 Å². The zero-order chi connectivity index (χ0) is 14.0. The van der Waals surface area contributed by atoms with Gasteiger partial charge in [-0.15, -0.1) is 0 Å². The molecule has 1 aliphatic heterocycles. The molecule has 0 radical (unpaired) electrons. The van der Waals surface area contributed by atoms with Crippen LogP contribution in [0.1, 0.15) is 60.8 Å². The lowest BCUT2D eigenvalue weighted by molar-refractivity contribution is -0.122. The third-order valence-electron chi connectivity index (χ3n) is 3.60. The van der Waals surface area contributed by atoms with Crippen LogP contribution < -0.4 is 5.32 Å². The van der Waals surface area contributed by atoms with Crippen LogP contribution in [0.4, 0.5) is 0 Å². The van der Waals surface area contributed by atoms with Gasteiger partial charge in [0, 0.05) is 31.1 Å². The lowest BCUT2D eigenvalue weighted by Gasteiger charge is -2.31. The molecule has 1 atom stereocenters. The second-order valence-corrected chi connectivity index (χ2v) is 7.73. The maximum Gasteiger partial charge on any atom is 0.220 e. The van der Waals surface area contributed by atoms with E-state index in [0.29, 0.717) is 12.5 Å². The van der Waals surface area contributed by atoms with Crippen molar-refractivity contribution in [2.45, 2.75) is 72.4 Å². The third-order valence-corrected chi connectivity index (χ3v) is 3.60. The van der Waals surface area contributed by atoms with Gasteiger partial charge in [0.1, 0.15) is 0 Å². The molecule has 1 heterocycles. The molecule has 3 heteroatoms. The molecule has 0 spiro atoms. The van der Waals surface area contributed by atoms with E-state index >= 15 is 0 Å². The summed E-state index contributed by atoms with van der Waals surface area (Å²) < 4.78 is 0. The number of nitrogens with one attached hydrogen (secondary N) is 1. The van der Waals surface area contributed by atoms with E-state index in [-0.39, 0.29) is 16.9 Å². The molecule has 0 aliphatic carbocycles. The smallest absolute Gasteiger partial charge is 0.220 e. The minimum atomic E-state index is 0.213. The van der Waals surface area contributed by atoms with Crippen LogP contribution in [-0.4, -0.2) is 35.5 Å². The summed E-state index contributed by atoms with van der Waals surface area (Å²) in [5, 5.41) is 3.17. The zero-order valence-corrected chi connectivity index (χ0v) is 13.0. The van der Waals surface area contributed by atoms with Crippen LogP contribution in [0.5, 0.6) is 0 Å². The zero-order valence-electron chi connectivity index (χ0n) is 13.0. The molecular formula is C15H30N2O. The fraction of sp³-hybridized carbons (Fsp3) is 0.933. The highest BCUT2D eigenvalue weighted by Crippen LogP contribution is 2.22. The van der Waals surface area contributed by atoms with Crippen molar-refractivity contribution in [1.29, 1.82) is 0 Å². The highest BCUT2D eigenvalue weighted by Gasteiger charge is 2.30. The number of hydrogen-bond acceptors (Lipinski definition) is 2. The number of carbonyl (C=O) groups is 1. The van der Waals surface area contributed by atoms with Crippen molar-refractivity contribution in [1.82, 2.24) is 10.2 Å². The molecule has 3 nitrogen and oxygen atoms in total. The molecule has 0 bridgehead atoms. The summed E-state index contributed by atoms with van der Waals surface area (Å²) in [6.45, 7) is 15.3. The van der Waals surface area contributed by atoms with Crippen molar-refractivity contribution in [2.24, 2.45) is 5.41 Å². The predicted octanol–water partition coefficient (Wildman–Crippen LogP) is 2.80. The Morgan fingerprint density at radius 1 is 1.22 bits per heavy atom. The van der Waals surface area contributed by atoms with Gasteiger partial charge >= 0.3 is 0 Å². The van der Waals surface area contributed by atoms with Crippen LogP contribution in [0, 0.1) is 5.41 Å². The SMILES string of the molecule is CC(C)(C)CCC(=O)N[C@@H]1CCN(C(C)(C)C)C1. The summed E-state index contributed by atoms with van der Waals surface area (Å²) in [4.78, 5) is 14.3. The van der Waals surface area contributed by atoms with Crippen molar-refractivity contribution in [3.63, 3.8) is 0 Å². The van der Waals surface area contributed by atoms with E-state index < -0.39 is 0 Å². The molecule has 1 amide bonds. The number of amides is 1. The van der Waals surface area contributed by atoms with Gasteiger partial charge in [0.25, 0.3) is 0 Å². The molecule has 1 fully saturated rings. The van der Waals surface area contributed by atoms with Gasteiger partial charge in [0.15, 0.2) is 0 Å².